The van der Waals surface area contributed by atoms with Gasteiger partial charge in [-0.05, 0) is 24.3 Å². The van der Waals surface area contributed by atoms with Crippen molar-refractivity contribution in [1.82, 2.24) is 4.98 Å². The van der Waals surface area contributed by atoms with Gasteiger partial charge in [-0.1, -0.05) is 52.0 Å². The van der Waals surface area contributed by atoms with Gasteiger partial charge < -0.3 is 0 Å². The van der Waals surface area contributed by atoms with Gasteiger partial charge in [0.2, 0.25) is 0 Å². The lowest BCUT2D eigenvalue weighted by Gasteiger charge is -1.91. The van der Waals surface area contributed by atoms with Crippen LogP contribution in [0.4, 0.5) is 5.69 Å². The molecule has 96 valence electrons. The molecule has 0 amide bonds. The van der Waals surface area contributed by atoms with Gasteiger partial charge in [-0.25, -0.2) is 0 Å². The third-order valence-corrected chi connectivity index (χ3v) is 1.79. The number of hydrogen-bond acceptors (Lipinski definition) is 2. The fourth-order valence-corrected chi connectivity index (χ4v) is 1.11. The standard InChI is InChI=1S/C12H10N2.2C2H6/c1-2-6-11(7-3-1)14-10-12-8-4-5-9-13-12;2*1-2/h1-10H;2*1-2H3. The van der Waals surface area contributed by atoms with E-state index in [9.17, 15) is 0 Å². The molecule has 0 aliphatic rings. The summed E-state index contributed by atoms with van der Waals surface area (Å²) in [6.07, 6.45) is 3.52. The van der Waals surface area contributed by atoms with E-state index >= 15 is 0 Å². The molecule has 0 saturated carbocycles. The number of benzene rings is 1. The number of pyridine rings is 1. The van der Waals surface area contributed by atoms with Gasteiger partial charge in [0.1, 0.15) is 0 Å². The van der Waals surface area contributed by atoms with E-state index in [2.05, 4.69) is 9.98 Å². The van der Waals surface area contributed by atoms with Crippen molar-refractivity contribution in [3.8, 4) is 0 Å². The fraction of sp³-hybridized carbons (Fsp3) is 0.250. The molecule has 0 bridgehead atoms. The molecular formula is C16H22N2. The van der Waals surface area contributed by atoms with Crippen LogP contribution in [0.1, 0.15) is 33.4 Å². The van der Waals surface area contributed by atoms with Crippen molar-refractivity contribution in [2.75, 3.05) is 0 Å². The Labute approximate surface area is 110 Å². The molecule has 0 N–H and O–H groups in total. The van der Waals surface area contributed by atoms with E-state index in [4.69, 9.17) is 0 Å². The predicted molar refractivity (Wildman–Crippen MR) is 80.6 cm³/mol. The molecule has 0 radical (unpaired) electrons. The summed E-state index contributed by atoms with van der Waals surface area (Å²) in [6.45, 7) is 8.00. The van der Waals surface area contributed by atoms with Crippen LogP contribution in [-0.2, 0) is 0 Å². The molecule has 2 rings (SSSR count). The van der Waals surface area contributed by atoms with E-state index in [1.165, 1.54) is 0 Å². The molecule has 2 heteroatoms. The van der Waals surface area contributed by atoms with Gasteiger partial charge in [0, 0.05) is 6.20 Å². The molecule has 0 saturated heterocycles. The topological polar surface area (TPSA) is 25.2 Å². The fourth-order valence-electron chi connectivity index (χ4n) is 1.11. The number of hydrogen-bond donors (Lipinski definition) is 0. The lowest BCUT2D eigenvalue weighted by Crippen LogP contribution is -1.83. The molecule has 0 aliphatic heterocycles. The van der Waals surface area contributed by atoms with Crippen molar-refractivity contribution < 1.29 is 0 Å². The molecule has 0 atom stereocenters. The smallest absolute Gasteiger partial charge is 0.0812 e. The zero-order valence-electron chi connectivity index (χ0n) is 11.7. The number of para-hydroxylation sites is 1. The van der Waals surface area contributed by atoms with Crippen LogP contribution in [0.5, 0.6) is 0 Å². The molecule has 0 unspecified atom stereocenters. The van der Waals surface area contributed by atoms with E-state index in [-0.39, 0.29) is 0 Å². The summed E-state index contributed by atoms with van der Waals surface area (Å²) in [5.41, 5.74) is 1.81. The molecular weight excluding hydrogens is 220 g/mol. The van der Waals surface area contributed by atoms with Crippen molar-refractivity contribution in [3.05, 3.63) is 60.4 Å². The lowest BCUT2D eigenvalue weighted by atomic mass is 10.3. The van der Waals surface area contributed by atoms with Crippen LogP contribution in [0.25, 0.3) is 0 Å². The highest BCUT2D eigenvalue weighted by atomic mass is 14.8. The highest BCUT2D eigenvalue weighted by Gasteiger charge is 1.86. The number of rotatable bonds is 2. The third-order valence-electron chi connectivity index (χ3n) is 1.79. The molecule has 0 spiro atoms. The van der Waals surface area contributed by atoms with Crippen molar-refractivity contribution >= 4 is 11.9 Å². The van der Waals surface area contributed by atoms with Crippen LogP contribution in [0.15, 0.2) is 59.7 Å². The summed E-state index contributed by atoms with van der Waals surface area (Å²) < 4.78 is 0. The Morgan fingerprint density at radius 2 is 1.44 bits per heavy atom. The van der Waals surface area contributed by atoms with Gasteiger partial charge in [-0.2, -0.15) is 0 Å². The van der Waals surface area contributed by atoms with Gasteiger partial charge in [0.15, 0.2) is 0 Å². The first kappa shape index (κ1) is 16.0. The maximum atomic E-state index is 4.29. The zero-order chi connectivity index (χ0) is 13.6. The van der Waals surface area contributed by atoms with Crippen LogP contribution in [0, 0.1) is 0 Å². The largest absolute Gasteiger partial charge is 0.255 e. The van der Waals surface area contributed by atoms with Crippen LogP contribution in [0.3, 0.4) is 0 Å². The van der Waals surface area contributed by atoms with E-state index in [1.807, 2.05) is 76.2 Å². The Morgan fingerprint density at radius 1 is 0.833 bits per heavy atom. The first-order valence-corrected chi connectivity index (χ1v) is 6.45. The van der Waals surface area contributed by atoms with E-state index in [0.717, 1.165) is 11.4 Å². The molecule has 1 aromatic carbocycles. The Kier molecular flexibility index (Phi) is 10.3. The summed E-state index contributed by atoms with van der Waals surface area (Å²) in [6, 6.07) is 15.6. The van der Waals surface area contributed by atoms with E-state index in [1.54, 1.807) is 12.4 Å². The SMILES string of the molecule is C(=Nc1ccccc1)c1ccccn1.CC.CC. The Hall–Kier alpha value is -1.96. The minimum absolute atomic E-state index is 0.872. The maximum absolute atomic E-state index is 4.29. The van der Waals surface area contributed by atoms with Crippen LogP contribution >= 0.6 is 0 Å². The van der Waals surface area contributed by atoms with Gasteiger partial charge in [0.05, 0.1) is 17.6 Å². The Bertz CT molecular complexity index is 366. The molecule has 2 nitrogen and oxygen atoms in total. The van der Waals surface area contributed by atoms with Crippen molar-refractivity contribution in [2.45, 2.75) is 27.7 Å². The monoisotopic (exact) mass is 242 g/mol. The highest BCUT2D eigenvalue weighted by Crippen LogP contribution is 2.08. The quantitative estimate of drug-likeness (QED) is 0.689. The minimum Gasteiger partial charge on any atom is -0.255 e. The average molecular weight is 242 g/mol. The third kappa shape index (κ3) is 6.59. The number of aliphatic imine (C=N–C) groups is 1. The summed E-state index contributed by atoms with van der Waals surface area (Å²) in [5, 5.41) is 0. The van der Waals surface area contributed by atoms with Crippen molar-refractivity contribution in [2.24, 2.45) is 4.99 Å². The number of nitrogens with zero attached hydrogens (tertiary/aromatic N) is 2. The zero-order valence-corrected chi connectivity index (χ0v) is 11.7. The minimum atomic E-state index is 0.872. The molecule has 2 aromatic rings. The summed E-state index contributed by atoms with van der Waals surface area (Å²) in [5.74, 6) is 0. The number of aromatic nitrogens is 1. The van der Waals surface area contributed by atoms with Gasteiger partial charge >= 0.3 is 0 Å². The van der Waals surface area contributed by atoms with Gasteiger partial charge in [0.25, 0.3) is 0 Å². The van der Waals surface area contributed by atoms with Gasteiger partial charge in [-0.15, -0.1) is 0 Å². The Balaban J connectivity index is 0.000000659. The van der Waals surface area contributed by atoms with E-state index < -0.39 is 0 Å². The highest BCUT2D eigenvalue weighted by molar-refractivity contribution is 5.79. The molecule has 18 heavy (non-hydrogen) atoms. The van der Waals surface area contributed by atoms with Crippen molar-refractivity contribution in [3.63, 3.8) is 0 Å². The molecule has 1 aromatic heterocycles. The molecule has 0 fully saturated rings. The van der Waals surface area contributed by atoms with Gasteiger partial charge in [-0.3, -0.25) is 9.98 Å². The second-order valence-electron chi connectivity index (χ2n) is 2.85. The normalized spacial score (nSPS) is 8.89. The second-order valence-corrected chi connectivity index (χ2v) is 2.85. The predicted octanol–water partition coefficient (Wildman–Crippen LogP) is 4.88. The van der Waals surface area contributed by atoms with Crippen molar-refractivity contribution in [1.29, 1.82) is 0 Å². The molecule has 1 heterocycles. The second kappa shape index (κ2) is 11.5. The van der Waals surface area contributed by atoms with Crippen LogP contribution in [-0.4, -0.2) is 11.2 Å². The molecule has 0 aliphatic carbocycles. The summed E-state index contributed by atoms with van der Waals surface area (Å²) in [7, 11) is 0. The summed E-state index contributed by atoms with van der Waals surface area (Å²) in [4.78, 5) is 8.43. The Morgan fingerprint density at radius 3 is 2.00 bits per heavy atom. The first-order chi connectivity index (χ1) is 8.95. The first-order valence-electron chi connectivity index (χ1n) is 6.45. The van der Waals surface area contributed by atoms with E-state index in [0.29, 0.717) is 0 Å². The van der Waals surface area contributed by atoms with Crippen LogP contribution < -0.4 is 0 Å². The lowest BCUT2D eigenvalue weighted by molar-refractivity contribution is 1.30. The van der Waals surface area contributed by atoms with Crippen LogP contribution in [0.2, 0.25) is 0 Å². The summed E-state index contributed by atoms with van der Waals surface area (Å²) >= 11 is 0. The maximum Gasteiger partial charge on any atom is 0.0812 e. The average Bonchev–Trinajstić information content (AvgIpc) is 2.51.